The molecule has 8 nitrogen and oxygen atoms in total. The smallest absolute Gasteiger partial charge is 0.353 e. The van der Waals surface area contributed by atoms with Crippen molar-refractivity contribution in [2.24, 2.45) is 11.8 Å². The van der Waals surface area contributed by atoms with Crippen molar-refractivity contribution in [1.82, 2.24) is 15.2 Å². The van der Waals surface area contributed by atoms with Gasteiger partial charge in [-0.25, -0.2) is 9.78 Å². The van der Waals surface area contributed by atoms with Gasteiger partial charge < -0.3 is 25.5 Å². The highest BCUT2D eigenvalue weighted by atomic mass is 32.2. The number of aliphatic hydroxyl groups is 2. The number of nitrogens with one attached hydrogen (secondary N) is 1. The number of amides is 1. The molecule has 10 heteroatoms. The van der Waals surface area contributed by atoms with Crippen LogP contribution in [0.1, 0.15) is 37.0 Å². The number of nitrogens with zero attached hydrogens (tertiary/aromatic N) is 2. The summed E-state index contributed by atoms with van der Waals surface area (Å²) in [5.41, 5.74) is 0.731. The van der Waals surface area contributed by atoms with Crippen LogP contribution in [0.5, 0.6) is 0 Å². The van der Waals surface area contributed by atoms with E-state index >= 15 is 0 Å². The first-order valence-corrected chi connectivity index (χ1v) is 11.0. The SMILES string of the molecule is C[C@@H](O)C1C(=O)N2C(C(=O)O)=C(S[C@@H]3CN[C@H](c4nc(CO)cs4)C3)[C@H](C)C12. The zero-order valence-corrected chi connectivity index (χ0v) is 17.2. The molecule has 2 unspecified atom stereocenters. The highest BCUT2D eigenvalue weighted by Crippen LogP contribution is 2.52. The van der Waals surface area contributed by atoms with Gasteiger partial charge in [-0.3, -0.25) is 4.79 Å². The van der Waals surface area contributed by atoms with Crippen molar-refractivity contribution in [3.05, 3.63) is 26.7 Å². The monoisotopic (exact) mass is 425 g/mol. The molecule has 0 aliphatic carbocycles. The summed E-state index contributed by atoms with van der Waals surface area (Å²) in [6.07, 6.45) is 0.00341. The summed E-state index contributed by atoms with van der Waals surface area (Å²) in [5, 5.41) is 35.2. The number of fused-ring (bicyclic) bond motifs is 1. The van der Waals surface area contributed by atoms with Crippen molar-refractivity contribution in [1.29, 1.82) is 0 Å². The minimum Gasteiger partial charge on any atom is -0.477 e. The molecular weight excluding hydrogens is 402 g/mol. The number of carbonyl (C=O) groups is 2. The topological polar surface area (TPSA) is 123 Å². The Kier molecular flexibility index (Phi) is 5.25. The third kappa shape index (κ3) is 3.07. The third-order valence-corrected chi connectivity index (χ3v) is 8.24. The van der Waals surface area contributed by atoms with Gasteiger partial charge in [0.2, 0.25) is 5.91 Å². The van der Waals surface area contributed by atoms with Gasteiger partial charge in [0.05, 0.1) is 36.4 Å². The number of thioether (sulfide) groups is 1. The van der Waals surface area contributed by atoms with Crippen LogP contribution >= 0.6 is 23.1 Å². The first-order valence-electron chi connectivity index (χ1n) is 9.27. The summed E-state index contributed by atoms with van der Waals surface area (Å²) in [5.74, 6) is -2.05. The highest BCUT2D eigenvalue weighted by Gasteiger charge is 2.60. The van der Waals surface area contributed by atoms with E-state index in [1.54, 1.807) is 6.92 Å². The van der Waals surface area contributed by atoms with Gasteiger partial charge in [-0.2, -0.15) is 0 Å². The van der Waals surface area contributed by atoms with Crippen LogP contribution in [0.2, 0.25) is 0 Å². The molecule has 6 atom stereocenters. The molecule has 4 heterocycles. The lowest BCUT2D eigenvalue weighted by Crippen LogP contribution is -2.63. The lowest BCUT2D eigenvalue weighted by molar-refractivity contribution is -0.163. The first-order chi connectivity index (χ1) is 13.3. The van der Waals surface area contributed by atoms with Crippen molar-refractivity contribution < 1.29 is 24.9 Å². The maximum atomic E-state index is 12.4. The van der Waals surface area contributed by atoms with Crippen molar-refractivity contribution in [3.63, 3.8) is 0 Å². The number of carboxylic acid groups (broad SMARTS) is 1. The molecule has 152 valence electrons. The second kappa shape index (κ2) is 7.42. The van der Waals surface area contributed by atoms with Crippen LogP contribution < -0.4 is 5.32 Å². The van der Waals surface area contributed by atoms with Crippen LogP contribution in [-0.2, 0) is 16.2 Å². The number of aliphatic carboxylic acids is 1. The van der Waals surface area contributed by atoms with Crippen molar-refractivity contribution in [3.8, 4) is 0 Å². The van der Waals surface area contributed by atoms with Crippen LogP contribution in [-0.4, -0.2) is 61.0 Å². The van der Waals surface area contributed by atoms with E-state index in [4.69, 9.17) is 0 Å². The summed E-state index contributed by atoms with van der Waals surface area (Å²) >= 11 is 3.03. The number of thiazole rings is 1. The van der Waals surface area contributed by atoms with Gasteiger partial charge in [-0.1, -0.05) is 6.92 Å². The molecule has 1 amide bonds. The molecule has 28 heavy (non-hydrogen) atoms. The number of aromatic nitrogens is 1. The number of hydrogen-bond acceptors (Lipinski definition) is 8. The van der Waals surface area contributed by atoms with Gasteiger partial charge in [0, 0.05) is 28.0 Å². The Morgan fingerprint density at radius 1 is 1.54 bits per heavy atom. The Labute approximate surface area is 170 Å². The predicted molar refractivity (Wildman–Crippen MR) is 104 cm³/mol. The molecule has 1 aromatic heterocycles. The zero-order chi connectivity index (χ0) is 20.2. The molecular formula is C18H23N3O5S2. The van der Waals surface area contributed by atoms with Gasteiger partial charge in [0.1, 0.15) is 10.7 Å². The number of rotatable bonds is 6. The fourth-order valence-electron chi connectivity index (χ4n) is 4.39. The lowest BCUT2D eigenvalue weighted by Gasteiger charge is -2.46. The first kappa shape index (κ1) is 19.8. The van der Waals surface area contributed by atoms with E-state index in [9.17, 15) is 24.9 Å². The Hall–Kier alpha value is -1.46. The van der Waals surface area contributed by atoms with Crippen LogP contribution in [0, 0.1) is 11.8 Å². The number of carboxylic acids is 1. The summed E-state index contributed by atoms with van der Waals surface area (Å²) in [6, 6.07) is -0.199. The minimum absolute atomic E-state index is 0.0738. The molecule has 2 saturated heterocycles. The van der Waals surface area contributed by atoms with Gasteiger partial charge >= 0.3 is 5.97 Å². The third-order valence-electron chi connectivity index (χ3n) is 5.72. The minimum atomic E-state index is -1.09. The van der Waals surface area contributed by atoms with E-state index in [2.05, 4.69) is 10.3 Å². The molecule has 4 N–H and O–H groups in total. The Balaban J connectivity index is 1.51. The van der Waals surface area contributed by atoms with E-state index < -0.39 is 18.0 Å². The average Bonchev–Trinajstić information content (AvgIpc) is 3.33. The van der Waals surface area contributed by atoms with E-state index in [1.165, 1.54) is 28.0 Å². The van der Waals surface area contributed by atoms with Crippen LogP contribution in [0.3, 0.4) is 0 Å². The second-order valence-corrected chi connectivity index (χ2v) is 9.78. The number of hydrogen-bond donors (Lipinski definition) is 4. The summed E-state index contributed by atoms with van der Waals surface area (Å²) < 4.78 is 0. The molecule has 3 aliphatic rings. The molecule has 1 aromatic rings. The van der Waals surface area contributed by atoms with E-state index in [0.29, 0.717) is 12.2 Å². The Morgan fingerprint density at radius 3 is 2.89 bits per heavy atom. The summed E-state index contributed by atoms with van der Waals surface area (Å²) in [7, 11) is 0. The quantitative estimate of drug-likeness (QED) is 0.497. The molecule has 2 fully saturated rings. The fraction of sp³-hybridized carbons (Fsp3) is 0.611. The largest absolute Gasteiger partial charge is 0.477 e. The van der Waals surface area contributed by atoms with Crippen LogP contribution in [0.15, 0.2) is 16.0 Å². The van der Waals surface area contributed by atoms with E-state index in [-0.39, 0.29) is 41.5 Å². The second-order valence-electron chi connectivity index (χ2n) is 7.54. The molecule has 0 radical (unpaired) electrons. The Bertz CT molecular complexity index is 839. The summed E-state index contributed by atoms with van der Waals surface area (Å²) in [4.78, 5) is 30.8. The van der Waals surface area contributed by atoms with Gasteiger partial charge in [0.25, 0.3) is 0 Å². The molecule has 4 rings (SSSR count). The standard InChI is InChI=1S/C18H23N3O5S2/c1-7-13-12(8(2)23)17(24)21(13)14(18(25)26)15(7)28-10-3-11(19-4-10)16-20-9(5-22)6-27-16/h6-8,10-13,19,22-23H,3-5H2,1-2H3,(H,25,26)/t7-,8-,10+,11+,12?,13?/m1/s1. The molecule has 3 aliphatic heterocycles. The predicted octanol–water partition coefficient (Wildman–Crippen LogP) is 0.925. The van der Waals surface area contributed by atoms with E-state index in [1.807, 2.05) is 12.3 Å². The number of carbonyl (C=O) groups excluding carboxylic acids is 1. The normalized spacial score (nSPS) is 33.2. The fourth-order valence-corrected chi connectivity index (χ4v) is 6.77. The highest BCUT2D eigenvalue weighted by molar-refractivity contribution is 8.03. The summed E-state index contributed by atoms with van der Waals surface area (Å²) in [6.45, 7) is 4.15. The molecule has 0 saturated carbocycles. The van der Waals surface area contributed by atoms with Gasteiger partial charge in [0.15, 0.2) is 0 Å². The van der Waals surface area contributed by atoms with Gasteiger partial charge in [-0.15, -0.1) is 23.1 Å². The Morgan fingerprint density at radius 2 is 2.29 bits per heavy atom. The van der Waals surface area contributed by atoms with E-state index in [0.717, 1.165) is 16.3 Å². The average molecular weight is 426 g/mol. The number of aliphatic hydroxyl groups excluding tert-OH is 2. The van der Waals surface area contributed by atoms with Crippen molar-refractivity contribution >= 4 is 35.0 Å². The number of β-lactam (4-membered cyclic amide) rings is 1. The molecule has 0 bridgehead atoms. The van der Waals surface area contributed by atoms with Crippen molar-refractivity contribution in [2.45, 2.75) is 50.3 Å². The van der Waals surface area contributed by atoms with Gasteiger partial charge in [-0.05, 0) is 13.3 Å². The zero-order valence-electron chi connectivity index (χ0n) is 15.5. The van der Waals surface area contributed by atoms with Crippen molar-refractivity contribution in [2.75, 3.05) is 6.54 Å². The van der Waals surface area contributed by atoms with Crippen LogP contribution in [0.25, 0.3) is 0 Å². The maximum absolute atomic E-state index is 12.4. The molecule has 0 aromatic carbocycles. The molecule has 0 spiro atoms. The lowest BCUT2D eigenvalue weighted by atomic mass is 9.79. The maximum Gasteiger partial charge on any atom is 0.353 e. The van der Waals surface area contributed by atoms with Crippen LogP contribution in [0.4, 0.5) is 0 Å².